The highest BCUT2D eigenvalue weighted by Gasteiger charge is 2.22. The molecule has 0 radical (unpaired) electrons. The molecule has 1 aliphatic rings. The van der Waals surface area contributed by atoms with Crippen LogP contribution in [0.5, 0.6) is 0 Å². The second kappa shape index (κ2) is 6.20. The van der Waals surface area contributed by atoms with Crippen LogP contribution in [0.3, 0.4) is 0 Å². The minimum atomic E-state index is 0. The van der Waals surface area contributed by atoms with Gasteiger partial charge in [-0.25, -0.2) is 0 Å². The van der Waals surface area contributed by atoms with Crippen molar-refractivity contribution >= 4 is 29.2 Å². The number of rotatable bonds is 1. The highest BCUT2D eigenvalue weighted by atomic mass is 35.5. The number of carbonyl (C=O) groups is 1. The van der Waals surface area contributed by atoms with Gasteiger partial charge in [0.05, 0.1) is 5.52 Å². The molecule has 106 valence electrons. The summed E-state index contributed by atoms with van der Waals surface area (Å²) in [5, 5.41) is 4.28. The maximum atomic E-state index is 12.6. The fraction of sp³-hybridized carbons (Fsp3) is 0.333. The van der Waals surface area contributed by atoms with E-state index in [1.807, 2.05) is 35.2 Å². The van der Waals surface area contributed by atoms with Crippen molar-refractivity contribution in [1.82, 2.24) is 15.2 Å². The summed E-state index contributed by atoms with van der Waals surface area (Å²) in [7, 11) is 0. The van der Waals surface area contributed by atoms with Crippen molar-refractivity contribution in [1.29, 1.82) is 0 Å². The van der Waals surface area contributed by atoms with Gasteiger partial charge >= 0.3 is 0 Å². The number of halogens is 1. The average Bonchev–Trinajstić information content (AvgIpc) is 2.46. The molecule has 1 amide bonds. The van der Waals surface area contributed by atoms with Crippen LogP contribution in [-0.4, -0.2) is 41.5 Å². The normalized spacial score (nSPS) is 18.6. The largest absolute Gasteiger partial charge is 0.336 e. The number of fused-ring (bicyclic) bond motifs is 1. The van der Waals surface area contributed by atoms with E-state index in [4.69, 9.17) is 0 Å². The van der Waals surface area contributed by atoms with Crippen LogP contribution in [-0.2, 0) is 0 Å². The van der Waals surface area contributed by atoms with Gasteiger partial charge in [0.2, 0.25) is 0 Å². The summed E-state index contributed by atoms with van der Waals surface area (Å²) in [5.41, 5.74) is 1.62. The topological polar surface area (TPSA) is 45.2 Å². The fourth-order valence-corrected chi connectivity index (χ4v) is 2.58. The number of benzene rings is 1. The predicted octanol–water partition coefficient (Wildman–Crippen LogP) is 2.09. The molecule has 1 aliphatic heterocycles. The number of hydrogen-bond acceptors (Lipinski definition) is 3. The number of hydrogen-bond donors (Lipinski definition) is 1. The van der Waals surface area contributed by atoms with Gasteiger partial charge in [0.15, 0.2) is 0 Å². The van der Waals surface area contributed by atoms with Gasteiger partial charge in [-0.1, -0.05) is 12.1 Å². The number of nitrogens with one attached hydrogen (secondary N) is 1. The number of pyridine rings is 1. The molecule has 0 aliphatic carbocycles. The summed E-state index contributed by atoms with van der Waals surface area (Å²) in [6.07, 6.45) is 1.75. The zero-order valence-corrected chi connectivity index (χ0v) is 12.2. The SMILES string of the molecule is C[C@@H]1CN(C(=O)c2cccc3ncccc23)CCN1.Cl. The molecule has 2 aromatic rings. The third-order valence-corrected chi connectivity index (χ3v) is 3.53. The number of piperazine rings is 1. The molecule has 0 saturated carbocycles. The molecule has 1 aromatic heterocycles. The molecule has 0 bridgehead atoms. The summed E-state index contributed by atoms with van der Waals surface area (Å²) in [6, 6.07) is 9.91. The summed E-state index contributed by atoms with van der Waals surface area (Å²) in [6.45, 7) is 4.48. The Hall–Kier alpha value is -1.65. The van der Waals surface area contributed by atoms with E-state index in [1.165, 1.54) is 0 Å². The van der Waals surface area contributed by atoms with E-state index in [0.29, 0.717) is 6.04 Å². The predicted molar refractivity (Wildman–Crippen MR) is 82.4 cm³/mol. The van der Waals surface area contributed by atoms with Crippen LogP contribution in [0.4, 0.5) is 0 Å². The van der Waals surface area contributed by atoms with Crippen molar-refractivity contribution in [2.24, 2.45) is 0 Å². The highest BCUT2D eigenvalue weighted by Crippen LogP contribution is 2.18. The number of nitrogens with zero attached hydrogens (tertiary/aromatic N) is 2. The minimum absolute atomic E-state index is 0. The summed E-state index contributed by atoms with van der Waals surface area (Å²) < 4.78 is 0. The third kappa shape index (κ3) is 2.76. The second-order valence-electron chi connectivity index (χ2n) is 4.98. The average molecular weight is 292 g/mol. The van der Waals surface area contributed by atoms with Crippen LogP contribution in [0.25, 0.3) is 10.9 Å². The van der Waals surface area contributed by atoms with E-state index in [9.17, 15) is 4.79 Å². The second-order valence-corrected chi connectivity index (χ2v) is 4.98. The Balaban J connectivity index is 0.00000147. The zero-order valence-electron chi connectivity index (χ0n) is 11.4. The molecule has 20 heavy (non-hydrogen) atoms. The first kappa shape index (κ1) is 14.8. The van der Waals surface area contributed by atoms with Gasteiger partial charge in [0.1, 0.15) is 0 Å². The van der Waals surface area contributed by atoms with Crippen molar-refractivity contribution in [3.8, 4) is 0 Å². The van der Waals surface area contributed by atoms with Crippen LogP contribution in [0.15, 0.2) is 36.5 Å². The fourth-order valence-electron chi connectivity index (χ4n) is 2.58. The number of aromatic nitrogens is 1. The number of carbonyl (C=O) groups excluding carboxylic acids is 1. The Morgan fingerprint density at radius 2 is 2.20 bits per heavy atom. The standard InChI is InChI=1S/C15H17N3O.ClH/c1-11-10-18(9-8-16-11)15(19)13-4-2-6-14-12(13)5-3-7-17-14;/h2-7,11,16H,8-10H2,1H3;1H/t11-;/m1./s1. The van der Waals surface area contributed by atoms with Gasteiger partial charge in [0.25, 0.3) is 5.91 Å². The van der Waals surface area contributed by atoms with E-state index in [2.05, 4.69) is 17.2 Å². The lowest BCUT2D eigenvalue weighted by Crippen LogP contribution is -2.51. The van der Waals surface area contributed by atoms with Crippen LogP contribution in [0.2, 0.25) is 0 Å². The van der Waals surface area contributed by atoms with Gasteiger partial charge in [-0.05, 0) is 25.1 Å². The molecule has 4 nitrogen and oxygen atoms in total. The summed E-state index contributed by atoms with van der Waals surface area (Å²) in [4.78, 5) is 18.9. The Bertz CT molecular complexity index is 612. The lowest BCUT2D eigenvalue weighted by Gasteiger charge is -2.32. The molecule has 3 rings (SSSR count). The quantitative estimate of drug-likeness (QED) is 0.875. The van der Waals surface area contributed by atoms with Gasteiger partial charge in [0, 0.05) is 42.8 Å². The first-order valence-corrected chi connectivity index (χ1v) is 6.62. The van der Waals surface area contributed by atoms with Crippen LogP contribution < -0.4 is 5.32 Å². The Morgan fingerprint density at radius 3 is 3.00 bits per heavy atom. The highest BCUT2D eigenvalue weighted by molar-refractivity contribution is 6.06. The lowest BCUT2D eigenvalue weighted by atomic mass is 10.1. The van der Waals surface area contributed by atoms with Crippen molar-refractivity contribution in [3.05, 3.63) is 42.1 Å². The maximum absolute atomic E-state index is 12.6. The molecule has 2 heterocycles. The van der Waals surface area contributed by atoms with E-state index in [0.717, 1.165) is 36.1 Å². The maximum Gasteiger partial charge on any atom is 0.254 e. The van der Waals surface area contributed by atoms with Gasteiger partial charge in [-0.2, -0.15) is 0 Å². The van der Waals surface area contributed by atoms with Gasteiger partial charge in [-0.15, -0.1) is 12.4 Å². The molecule has 5 heteroatoms. The Labute approximate surface area is 124 Å². The first-order valence-electron chi connectivity index (χ1n) is 6.62. The molecular weight excluding hydrogens is 274 g/mol. The molecule has 1 N–H and O–H groups in total. The van der Waals surface area contributed by atoms with E-state index in [-0.39, 0.29) is 18.3 Å². The summed E-state index contributed by atoms with van der Waals surface area (Å²) in [5.74, 6) is 0.104. The van der Waals surface area contributed by atoms with E-state index >= 15 is 0 Å². The third-order valence-electron chi connectivity index (χ3n) is 3.53. The van der Waals surface area contributed by atoms with Crippen LogP contribution >= 0.6 is 12.4 Å². The smallest absolute Gasteiger partial charge is 0.254 e. The van der Waals surface area contributed by atoms with E-state index < -0.39 is 0 Å². The van der Waals surface area contributed by atoms with Crippen molar-refractivity contribution in [3.63, 3.8) is 0 Å². The molecule has 1 saturated heterocycles. The van der Waals surface area contributed by atoms with Crippen molar-refractivity contribution in [2.45, 2.75) is 13.0 Å². The van der Waals surface area contributed by atoms with Crippen molar-refractivity contribution < 1.29 is 4.79 Å². The minimum Gasteiger partial charge on any atom is -0.336 e. The molecule has 1 fully saturated rings. The van der Waals surface area contributed by atoms with E-state index in [1.54, 1.807) is 6.20 Å². The van der Waals surface area contributed by atoms with Crippen LogP contribution in [0, 0.1) is 0 Å². The van der Waals surface area contributed by atoms with Gasteiger partial charge in [-0.3, -0.25) is 9.78 Å². The molecule has 1 atom stereocenters. The molecule has 0 spiro atoms. The Kier molecular flexibility index (Phi) is 4.57. The monoisotopic (exact) mass is 291 g/mol. The first-order chi connectivity index (χ1) is 9.25. The lowest BCUT2D eigenvalue weighted by molar-refractivity contribution is 0.0711. The molecule has 1 aromatic carbocycles. The van der Waals surface area contributed by atoms with Gasteiger partial charge < -0.3 is 10.2 Å². The molecule has 0 unspecified atom stereocenters. The summed E-state index contributed by atoms with van der Waals surface area (Å²) >= 11 is 0. The molecular formula is C15H18ClN3O. The zero-order chi connectivity index (χ0) is 13.2. The Morgan fingerprint density at radius 1 is 1.35 bits per heavy atom. The van der Waals surface area contributed by atoms with Crippen molar-refractivity contribution in [2.75, 3.05) is 19.6 Å². The number of amides is 1. The van der Waals surface area contributed by atoms with Crippen LogP contribution in [0.1, 0.15) is 17.3 Å².